The zero-order valence-electron chi connectivity index (χ0n) is 15.9. The van der Waals surface area contributed by atoms with Gasteiger partial charge >= 0.3 is 6.09 Å². The average Bonchev–Trinajstić information content (AvgIpc) is 2.61. The standard InChI is InChI=1S/C21H26INO4/c1-21(2,3)27-20(25)23(15-19(24)16-7-5-4-6-8-16)13-14-26-18-11-9-17(22)10-12-18/h4-12,19,24H,13-15H2,1-3H3/t19-/m0/s1. The van der Waals surface area contributed by atoms with Crippen molar-refractivity contribution in [2.24, 2.45) is 0 Å². The second kappa shape index (κ2) is 9.94. The van der Waals surface area contributed by atoms with Crippen molar-refractivity contribution in [1.82, 2.24) is 4.90 Å². The Morgan fingerprint density at radius 1 is 1.11 bits per heavy atom. The maximum atomic E-state index is 12.5. The van der Waals surface area contributed by atoms with E-state index in [1.54, 1.807) is 0 Å². The van der Waals surface area contributed by atoms with E-state index in [2.05, 4.69) is 22.6 Å². The summed E-state index contributed by atoms with van der Waals surface area (Å²) < 4.78 is 12.3. The summed E-state index contributed by atoms with van der Waals surface area (Å²) in [5, 5.41) is 10.5. The minimum absolute atomic E-state index is 0.134. The monoisotopic (exact) mass is 483 g/mol. The summed E-state index contributed by atoms with van der Waals surface area (Å²) in [5.41, 5.74) is 0.147. The quantitative estimate of drug-likeness (QED) is 0.584. The first-order valence-electron chi connectivity index (χ1n) is 8.84. The molecule has 6 heteroatoms. The fourth-order valence-corrected chi connectivity index (χ4v) is 2.74. The van der Waals surface area contributed by atoms with Crippen LogP contribution in [0.2, 0.25) is 0 Å². The third-order valence-corrected chi connectivity index (χ3v) is 4.39. The maximum Gasteiger partial charge on any atom is 0.410 e. The van der Waals surface area contributed by atoms with E-state index in [9.17, 15) is 9.90 Å². The molecule has 0 aliphatic carbocycles. The molecule has 1 amide bonds. The van der Waals surface area contributed by atoms with Gasteiger partial charge in [-0.3, -0.25) is 0 Å². The van der Waals surface area contributed by atoms with Gasteiger partial charge in [0, 0.05) is 3.57 Å². The lowest BCUT2D eigenvalue weighted by molar-refractivity contribution is 0.0117. The molecule has 146 valence electrons. The maximum absolute atomic E-state index is 12.5. The van der Waals surface area contributed by atoms with Crippen LogP contribution in [-0.2, 0) is 4.74 Å². The van der Waals surface area contributed by atoms with Crippen molar-refractivity contribution in [2.45, 2.75) is 32.5 Å². The summed E-state index contributed by atoms with van der Waals surface area (Å²) >= 11 is 2.23. The van der Waals surface area contributed by atoms with E-state index < -0.39 is 17.8 Å². The Kier molecular flexibility index (Phi) is 7.91. The molecule has 0 heterocycles. The van der Waals surface area contributed by atoms with Crippen LogP contribution in [0.4, 0.5) is 4.79 Å². The fourth-order valence-electron chi connectivity index (χ4n) is 2.38. The molecule has 0 bridgehead atoms. The Labute approximate surface area is 174 Å². The Morgan fingerprint density at radius 3 is 2.33 bits per heavy atom. The van der Waals surface area contributed by atoms with E-state index in [1.165, 1.54) is 4.90 Å². The molecule has 0 aromatic heterocycles. The van der Waals surface area contributed by atoms with Crippen molar-refractivity contribution in [1.29, 1.82) is 0 Å². The lowest BCUT2D eigenvalue weighted by Gasteiger charge is -2.29. The van der Waals surface area contributed by atoms with Gasteiger partial charge in [-0.05, 0) is 73.2 Å². The van der Waals surface area contributed by atoms with Crippen LogP contribution in [-0.4, -0.2) is 41.4 Å². The Bertz CT molecular complexity index is 713. The average molecular weight is 483 g/mol. The fraction of sp³-hybridized carbons (Fsp3) is 0.381. The highest BCUT2D eigenvalue weighted by Gasteiger charge is 2.24. The van der Waals surface area contributed by atoms with Gasteiger partial charge < -0.3 is 19.5 Å². The first kappa shape index (κ1) is 21.5. The van der Waals surface area contributed by atoms with Gasteiger partial charge in [-0.1, -0.05) is 30.3 Å². The number of hydrogen-bond donors (Lipinski definition) is 1. The number of amides is 1. The summed E-state index contributed by atoms with van der Waals surface area (Å²) in [6, 6.07) is 17.0. The van der Waals surface area contributed by atoms with Gasteiger partial charge in [0.1, 0.15) is 18.0 Å². The molecule has 1 atom stereocenters. The van der Waals surface area contributed by atoms with Crippen molar-refractivity contribution >= 4 is 28.7 Å². The molecule has 0 aliphatic heterocycles. The van der Waals surface area contributed by atoms with Gasteiger partial charge in [-0.2, -0.15) is 0 Å². The number of hydrogen-bond acceptors (Lipinski definition) is 4. The van der Waals surface area contributed by atoms with Gasteiger partial charge in [0.2, 0.25) is 0 Å². The van der Waals surface area contributed by atoms with Gasteiger partial charge in [0.25, 0.3) is 0 Å². The highest BCUT2D eigenvalue weighted by atomic mass is 127. The number of benzene rings is 2. The largest absolute Gasteiger partial charge is 0.492 e. The number of aliphatic hydroxyl groups excluding tert-OH is 1. The first-order chi connectivity index (χ1) is 12.7. The zero-order valence-corrected chi connectivity index (χ0v) is 18.0. The summed E-state index contributed by atoms with van der Waals surface area (Å²) in [6.45, 7) is 6.21. The summed E-state index contributed by atoms with van der Waals surface area (Å²) in [7, 11) is 0. The summed E-state index contributed by atoms with van der Waals surface area (Å²) in [6.07, 6.45) is -1.26. The molecular weight excluding hydrogens is 457 g/mol. The van der Waals surface area contributed by atoms with E-state index in [0.29, 0.717) is 13.2 Å². The van der Waals surface area contributed by atoms with Gasteiger partial charge in [-0.25, -0.2) is 4.79 Å². The van der Waals surface area contributed by atoms with Crippen LogP contribution >= 0.6 is 22.6 Å². The first-order valence-corrected chi connectivity index (χ1v) is 9.92. The number of rotatable bonds is 7. The smallest absolute Gasteiger partial charge is 0.410 e. The zero-order chi connectivity index (χ0) is 19.9. The number of nitrogens with zero attached hydrogens (tertiary/aromatic N) is 1. The van der Waals surface area contributed by atoms with Crippen LogP contribution in [0.1, 0.15) is 32.4 Å². The second-order valence-electron chi connectivity index (χ2n) is 7.16. The number of halogens is 1. The molecule has 2 rings (SSSR count). The predicted molar refractivity (Wildman–Crippen MR) is 114 cm³/mol. The molecule has 0 unspecified atom stereocenters. The van der Waals surface area contributed by atoms with Crippen molar-refractivity contribution in [3.8, 4) is 5.75 Å². The number of aliphatic hydroxyl groups is 1. The van der Waals surface area contributed by atoms with Crippen LogP contribution in [0.5, 0.6) is 5.75 Å². The highest BCUT2D eigenvalue weighted by Crippen LogP contribution is 2.17. The molecule has 5 nitrogen and oxygen atoms in total. The van der Waals surface area contributed by atoms with Gasteiger partial charge in [0.15, 0.2) is 0 Å². The van der Waals surface area contributed by atoms with Crippen LogP contribution in [0.3, 0.4) is 0 Å². The molecule has 0 saturated carbocycles. The molecule has 27 heavy (non-hydrogen) atoms. The van der Waals surface area contributed by atoms with Crippen molar-refractivity contribution in [2.75, 3.05) is 19.7 Å². The van der Waals surface area contributed by atoms with E-state index in [1.807, 2.05) is 75.4 Å². The number of ether oxygens (including phenoxy) is 2. The van der Waals surface area contributed by atoms with Crippen molar-refractivity contribution in [3.63, 3.8) is 0 Å². The molecule has 0 saturated heterocycles. The minimum atomic E-state index is -0.794. The third-order valence-electron chi connectivity index (χ3n) is 3.67. The Balaban J connectivity index is 2.00. The molecule has 0 spiro atoms. The normalized spacial score (nSPS) is 12.3. The Hall–Kier alpha value is -1.80. The molecule has 1 N–H and O–H groups in total. The topological polar surface area (TPSA) is 59.0 Å². The molecule has 2 aromatic carbocycles. The van der Waals surface area contributed by atoms with Crippen molar-refractivity contribution in [3.05, 3.63) is 63.7 Å². The minimum Gasteiger partial charge on any atom is -0.492 e. The molecule has 2 aromatic rings. The molecular formula is C21H26INO4. The second-order valence-corrected chi connectivity index (χ2v) is 8.40. The lowest BCUT2D eigenvalue weighted by atomic mass is 10.1. The predicted octanol–water partition coefficient (Wildman–Crippen LogP) is 4.64. The SMILES string of the molecule is CC(C)(C)OC(=O)N(CCOc1ccc(I)cc1)C[C@H](O)c1ccccc1. The van der Waals surface area contributed by atoms with E-state index in [4.69, 9.17) is 9.47 Å². The van der Waals surface area contributed by atoms with Gasteiger partial charge in [0.05, 0.1) is 19.2 Å². The number of carbonyl (C=O) groups excluding carboxylic acids is 1. The number of carbonyl (C=O) groups is 1. The van der Waals surface area contributed by atoms with Gasteiger partial charge in [-0.15, -0.1) is 0 Å². The van der Waals surface area contributed by atoms with Crippen LogP contribution in [0, 0.1) is 3.57 Å². The molecule has 0 fully saturated rings. The third kappa shape index (κ3) is 7.76. The molecule has 0 aliphatic rings. The van der Waals surface area contributed by atoms with E-state index in [0.717, 1.165) is 14.9 Å². The molecule has 0 radical (unpaired) electrons. The van der Waals surface area contributed by atoms with Crippen LogP contribution in [0.15, 0.2) is 54.6 Å². The highest BCUT2D eigenvalue weighted by molar-refractivity contribution is 14.1. The van der Waals surface area contributed by atoms with E-state index in [-0.39, 0.29) is 6.54 Å². The summed E-state index contributed by atoms with van der Waals surface area (Å²) in [4.78, 5) is 14.0. The summed E-state index contributed by atoms with van der Waals surface area (Å²) in [5.74, 6) is 0.739. The van der Waals surface area contributed by atoms with E-state index >= 15 is 0 Å². The lowest BCUT2D eigenvalue weighted by Crippen LogP contribution is -2.41. The van der Waals surface area contributed by atoms with Crippen LogP contribution < -0.4 is 4.74 Å². The van der Waals surface area contributed by atoms with Crippen molar-refractivity contribution < 1.29 is 19.4 Å². The van der Waals surface area contributed by atoms with Crippen LogP contribution in [0.25, 0.3) is 0 Å². The Morgan fingerprint density at radius 2 is 1.74 bits per heavy atom.